The first-order valence-corrected chi connectivity index (χ1v) is 11.2. The second-order valence-corrected chi connectivity index (χ2v) is 8.89. The summed E-state index contributed by atoms with van der Waals surface area (Å²) in [6, 6.07) is 11.8. The van der Waals surface area contributed by atoms with Crippen LogP contribution >= 0.6 is 11.6 Å². The van der Waals surface area contributed by atoms with Crippen molar-refractivity contribution in [3.05, 3.63) is 80.6 Å². The molecule has 168 valence electrons. The Balaban J connectivity index is 1.42. The molecule has 7 heteroatoms. The zero-order valence-corrected chi connectivity index (χ0v) is 19.8. The third-order valence-corrected chi connectivity index (χ3v) is 6.43. The number of hydrogen-bond donors (Lipinski definition) is 1. The van der Waals surface area contributed by atoms with Crippen molar-refractivity contribution in [2.75, 3.05) is 11.9 Å². The van der Waals surface area contributed by atoms with E-state index in [1.54, 1.807) is 0 Å². The average Bonchev–Trinajstić information content (AvgIpc) is 3.07. The summed E-state index contributed by atoms with van der Waals surface area (Å²) in [4.78, 5) is 14.7. The van der Waals surface area contributed by atoms with E-state index < -0.39 is 0 Å². The molecule has 2 aromatic carbocycles. The number of amides is 2. The molecule has 4 rings (SSSR count). The predicted octanol–water partition coefficient (Wildman–Crippen LogP) is 5.31. The molecule has 0 aliphatic carbocycles. The van der Waals surface area contributed by atoms with Crippen molar-refractivity contribution in [3.63, 3.8) is 0 Å². The van der Waals surface area contributed by atoms with Crippen LogP contribution in [-0.2, 0) is 38.0 Å². The van der Waals surface area contributed by atoms with Crippen molar-refractivity contribution in [1.82, 2.24) is 14.7 Å². The summed E-state index contributed by atoms with van der Waals surface area (Å²) in [7, 11) is 1.95. The monoisotopic (exact) mass is 452 g/mol. The Morgan fingerprint density at radius 3 is 2.69 bits per heavy atom. The smallest absolute Gasteiger partial charge is 0.322 e. The molecule has 2 heterocycles. The highest BCUT2D eigenvalue weighted by Gasteiger charge is 2.26. The van der Waals surface area contributed by atoms with Crippen molar-refractivity contribution in [3.8, 4) is 0 Å². The SMILES string of the molecule is Cc1ccc(COCc2nn(C)c3c2CN(C(=O)Nc2ccc(C)c(C)c2)CC3)c(Cl)c1. The molecule has 0 saturated heterocycles. The summed E-state index contributed by atoms with van der Waals surface area (Å²) in [5.41, 5.74) is 8.36. The molecule has 0 atom stereocenters. The van der Waals surface area contributed by atoms with Crippen LogP contribution in [0.1, 0.15) is 39.2 Å². The highest BCUT2D eigenvalue weighted by atomic mass is 35.5. The first kappa shape index (κ1) is 22.4. The minimum absolute atomic E-state index is 0.0962. The fourth-order valence-corrected chi connectivity index (χ4v) is 4.30. The molecular weight excluding hydrogens is 424 g/mol. The second-order valence-electron chi connectivity index (χ2n) is 8.48. The second kappa shape index (κ2) is 9.35. The van der Waals surface area contributed by atoms with Gasteiger partial charge in [0.25, 0.3) is 0 Å². The molecule has 2 amide bonds. The molecule has 0 saturated carbocycles. The molecule has 0 radical (unpaired) electrons. The number of carbonyl (C=O) groups is 1. The Kier molecular flexibility index (Phi) is 6.53. The first-order chi connectivity index (χ1) is 15.3. The van der Waals surface area contributed by atoms with E-state index in [2.05, 4.69) is 17.3 Å². The van der Waals surface area contributed by atoms with Gasteiger partial charge < -0.3 is 15.0 Å². The van der Waals surface area contributed by atoms with Gasteiger partial charge in [-0.25, -0.2) is 4.79 Å². The molecule has 1 N–H and O–H groups in total. The minimum Gasteiger partial charge on any atom is -0.370 e. The number of aromatic nitrogens is 2. The van der Waals surface area contributed by atoms with E-state index in [0.717, 1.165) is 45.7 Å². The van der Waals surface area contributed by atoms with Gasteiger partial charge in [-0.3, -0.25) is 4.68 Å². The fourth-order valence-electron chi connectivity index (χ4n) is 4.01. The first-order valence-electron chi connectivity index (χ1n) is 10.8. The van der Waals surface area contributed by atoms with Crippen molar-refractivity contribution in [1.29, 1.82) is 0 Å². The average molecular weight is 453 g/mol. The number of aryl methyl sites for hydroxylation is 4. The Morgan fingerprint density at radius 2 is 1.94 bits per heavy atom. The Bertz CT molecular complexity index is 1160. The Labute approximate surface area is 194 Å². The molecule has 1 aliphatic heterocycles. The lowest BCUT2D eigenvalue weighted by Crippen LogP contribution is -2.39. The molecule has 0 unspecified atom stereocenters. The Hall–Kier alpha value is -2.83. The largest absolute Gasteiger partial charge is 0.370 e. The molecule has 0 fully saturated rings. The van der Waals surface area contributed by atoms with Crippen LogP contribution in [0.2, 0.25) is 5.02 Å². The van der Waals surface area contributed by atoms with Gasteiger partial charge in [-0.15, -0.1) is 0 Å². The van der Waals surface area contributed by atoms with E-state index >= 15 is 0 Å². The number of urea groups is 1. The molecule has 32 heavy (non-hydrogen) atoms. The van der Waals surface area contributed by atoms with Gasteiger partial charge in [-0.05, 0) is 61.2 Å². The van der Waals surface area contributed by atoms with Crippen molar-refractivity contribution >= 4 is 23.3 Å². The van der Waals surface area contributed by atoms with E-state index in [1.165, 1.54) is 5.56 Å². The lowest BCUT2D eigenvalue weighted by atomic mass is 10.1. The van der Waals surface area contributed by atoms with Gasteiger partial charge in [-0.1, -0.05) is 29.8 Å². The summed E-state index contributed by atoms with van der Waals surface area (Å²) in [6.45, 7) is 8.09. The van der Waals surface area contributed by atoms with Crippen molar-refractivity contribution < 1.29 is 9.53 Å². The maximum Gasteiger partial charge on any atom is 0.322 e. The molecule has 0 bridgehead atoms. The van der Waals surface area contributed by atoms with E-state index in [4.69, 9.17) is 16.3 Å². The van der Waals surface area contributed by atoms with Crippen LogP contribution in [0.4, 0.5) is 10.5 Å². The Morgan fingerprint density at radius 1 is 1.12 bits per heavy atom. The number of benzene rings is 2. The third kappa shape index (κ3) is 4.81. The van der Waals surface area contributed by atoms with Gasteiger partial charge >= 0.3 is 6.03 Å². The standard InChI is InChI=1S/C25H29ClN4O2/c1-16-5-7-19(22(26)11-16)14-32-15-23-21-13-30(10-9-24(21)29(4)28-23)25(31)27-20-8-6-17(2)18(3)12-20/h5-8,11-12H,9-10,13-15H2,1-4H3,(H,27,31). The number of halogens is 1. The molecule has 3 aromatic rings. The zero-order chi connectivity index (χ0) is 22.8. The van der Waals surface area contributed by atoms with E-state index in [1.807, 2.05) is 66.9 Å². The van der Waals surface area contributed by atoms with Gasteiger partial charge in [0.05, 0.1) is 25.5 Å². The van der Waals surface area contributed by atoms with Crippen LogP contribution in [0.25, 0.3) is 0 Å². The van der Waals surface area contributed by atoms with Gasteiger partial charge in [0, 0.05) is 42.0 Å². The summed E-state index contributed by atoms with van der Waals surface area (Å²) in [5, 5.41) is 8.40. The van der Waals surface area contributed by atoms with Crippen molar-refractivity contribution in [2.24, 2.45) is 7.05 Å². The maximum atomic E-state index is 12.9. The van der Waals surface area contributed by atoms with Gasteiger partial charge in [0.1, 0.15) is 0 Å². The maximum absolute atomic E-state index is 12.9. The van der Waals surface area contributed by atoms with Crippen LogP contribution in [0.5, 0.6) is 0 Å². The summed E-state index contributed by atoms with van der Waals surface area (Å²) in [6.07, 6.45) is 0.767. The number of hydrogen-bond acceptors (Lipinski definition) is 3. The molecule has 0 spiro atoms. The topological polar surface area (TPSA) is 59.4 Å². The molecule has 1 aliphatic rings. The van der Waals surface area contributed by atoms with E-state index in [-0.39, 0.29) is 6.03 Å². The number of ether oxygens (including phenoxy) is 1. The van der Waals surface area contributed by atoms with Crippen LogP contribution < -0.4 is 5.32 Å². The zero-order valence-electron chi connectivity index (χ0n) is 19.0. The van der Waals surface area contributed by atoms with Crippen LogP contribution in [0, 0.1) is 20.8 Å². The minimum atomic E-state index is -0.0962. The van der Waals surface area contributed by atoms with Gasteiger partial charge in [-0.2, -0.15) is 5.10 Å². The highest BCUT2D eigenvalue weighted by Crippen LogP contribution is 2.25. The predicted molar refractivity (Wildman–Crippen MR) is 127 cm³/mol. The molecule has 6 nitrogen and oxygen atoms in total. The summed E-state index contributed by atoms with van der Waals surface area (Å²) >= 11 is 6.32. The third-order valence-electron chi connectivity index (χ3n) is 6.08. The number of nitrogens with zero attached hydrogens (tertiary/aromatic N) is 3. The summed E-state index contributed by atoms with van der Waals surface area (Å²) < 4.78 is 7.85. The number of fused-ring (bicyclic) bond motifs is 1. The number of carbonyl (C=O) groups excluding carboxylic acids is 1. The number of nitrogens with one attached hydrogen (secondary N) is 1. The van der Waals surface area contributed by atoms with Crippen LogP contribution in [-0.4, -0.2) is 27.3 Å². The molecular formula is C25H29ClN4O2. The van der Waals surface area contributed by atoms with Crippen LogP contribution in [0.15, 0.2) is 36.4 Å². The number of rotatable bonds is 5. The van der Waals surface area contributed by atoms with E-state index in [0.29, 0.717) is 31.3 Å². The lowest BCUT2D eigenvalue weighted by Gasteiger charge is -2.28. The van der Waals surface area contributed by atoms with Gasteiger partial charge in [0.2, 0.25) is 0 Å². The quantitative estimate of drug-likeness (QED) is 0.571. The highest BCUT2D eigenvalue weighted by molar-refractivity contribution is 6.31. The molecule has 1 aromatic heterocycles. The number of anilines is 1. The normalized spacial score (nSPS) is 13.2. The fraction of sp³-hybridized carbons (Fsp3) is 0.360. The van der Waals surface area contributed by atoms with E-state index in [9.17, 15) is 4.79 Å². The van der Waals surface area contributed by atoms with Crippen molar-refractivity contribution in [2.45, 2.75) is 47.0 Å². The lowest BCUT2D eigenvalue weighted by molar-refractivity contribution is 0.103. The van der Waals surface area contributed by atoms with Gasteiger partial charge in [0.15, 0.2) is 0 Å². The summed E-state index contributed by atoms with van der Waals surface area (Å²) in [5.74, 6) is 0. The van der Waals surface area contributed by atoms with Crippen LogP contribution in [0.3, 0.4) is 0 Å².